The fourth-order valence-corrected chi connectivity index (χ4v) is 1.27. The molecule has 0 rings (SSSR count). The predicted molar refractivity (Wildman–Crippen MR) is 58.5 cm³/mol. The molecule has 0 heterocycles. The third-order valence-corrected chi connectivity index (χ3v) is 2.04. The van der Waals surface area contributed by atoms with Gasteiger partial charge in [-0.3, -0.25) is 0 Å². The molecule has 0 atom stereocenters. The molecule has 1 heteroatoms. The van der Waals surface area contributed by atoms with E-state index in [1.807, 2.05) is 6.61 Å². The monoisotopic (exact) mass is 185 g/mol. The quantitative estimate of drug-likeness (QED) is 0.486. The van der Waals surface area contributed by atoms with Crippen LogP contribution < -0.4 is 0 Å². The third kappa shape index (κ3) is 12.0. The highest BCUT2D eigenvalue weighted by Crippen LogP contribution is 2.08. The minimum Gasteiger partial charge on any atom is -0.373 e. The molecule has 0 amide bonds. The van der Waals surface area contributed by atoms with Gasteiger partial charge in [-0.15, -0.1) is 0 Å². The predicted octanol–water partition coefficient (Wildman–Crippen LogP) is 4.32. The minimum atomic E-state index is 0.347. The number of ether oxygens (including phenoxy) is 1. The van der Waals surface area contributed by atoms with E-state index in [4.69, 9.17) is 4.74 Å². The van der Waals surface area contributed by atoms with Crippen molar-refractivity contribution < 1.29 is 4.74 Å². The molecular formula is C12H25O. The van der Waals surface area contributed by atoms with Crippen molar-refractivity contribution in [3.63, 3.8) is 0 Å². The lowest BCUT2D eigenvalue weighted by Gasteiger charge is -2.05. The zero-order valence-corrected chi connectivity index (χ0v) is 9.51. The molecule has 13 heavy (non-hydrogen) atoms. The topological polar surface area (TPSA) is 9.23 Å². The van der Waals surface area contributed by atoms with E-state index >= 15 is 0 Å². The first-order valence-corrected chi connectivity index (χ1v) is 5.74. The van der Waals surface area contributed by atoms with Gasteiger partial charge < -0.3 is 4.74 Å². The van der Waals surface area contributed by atoms with E-state index in [0.717, 1.165) is 6.42 Å². The van der Waals surface area contributed by atoms with Crippen LogP contribution >= 0.6 is 0 Å². The van der Waals surface area contributed by atoms with Crippen LogP contribution in [0.2, 0.25) is 0 Å². The van der Waals surface area contributed by atoms with Gasteiger partial charge in [0.05, 0.1) is 12.7 Å². The lowest BCUT2D eigenvalue weighted by molar-refractivity contribution is 0.129. The van der Waals surface area contributed by atoms with Crippen molar-refractivity contribution in [2.45, 2.75) is 71.8 Å². The molecule has 0 fully saturated rings. The van der Waals surface area contributed by atoms with Crippen LogP contribution in [-0.4, -0.2) is 6.10 Å². The van der Waals surface area contributed by atoms with Crippen molar-refractivity contribution in [3.8, 4) is 0 Å². The van der Waals surface area contributed by atoms with Crippen molar-refractivity contribution in [1.29, 1.82) is 0 Å². The summed E-state index contributed by atoms with van der Waals surface area (Å²) in [5, 5.41) is 0. The van der Waals surface area contributed by atoms with Crippen LogP contribution in [0.4, 0.5) is 0 Å². The van der Waals surface area contributed by atoms with Gasteiger partial charge in [0.1, 0.15) is 0 Å². The summed E-state index contributed by atoms with van der Waals surface area (Å²) in [6, 6.07) is 0. The van der Waals surface area contributed by atoms with Crippen LogP contribution in [0.15, 0.2) is 0 Å². The Morgan fingerprint density at radius 1 is 1.00 bits per heavy atom. The van der Waals surface area contributed by atoms with Crippen LogP contribution in [-0.2, 0) is 4.74 Å². The first kappa shape index (κ1) is 13.0. The molecule has 0 aromatic heterocycles. The first-order valence-electron chi connectivity index (χ1n) is 5.74. The average molecular weight is 185 g/mol. The Kier molecular flexibility index (Phi) is 10.0. The van der Waals surface area contributed by atoms with Crippen LogP contribution in [0.5, 0.6) is 0 Å². The Balaban J connectivity index is 2.84. The summed E-state index contributed by atoms with van der Waals surface area (Å²) in [6.45, 7) is 8.35. The van der Waals surface area contributed by atoms with Crippen molar-refractivity contribution in [2.24, 2.45) is 0 Å². The maximum absolute atomic E-state index is 5.34. The summed E-state index contributed by atoms with van der Waals surface area (Å²) < 4.78 is 5.34. The lowest BCUT2D eigenvalue weighted by Crippen LogP contribution is -1.99. The van der Waals surface area contributed by atoms with Gasteiger partial charge >= 0.3 is 0 Å². The molecule has 0 spiro atoms. The SMILES string of the molecule is CCCCCCCC[CH]OC(C)C. The van der Waals surface area contributed by atoms with E-state index in [0.29, 0.717) is 6.10 Å². The van der Waals surface area contributed by atoms with Crippen molar-refractivity contribution in [3.05, 3.63) is 6.61 Å². The fraction of sp³-hybridized carbons (Fsp3) is 0.917. The molecule has 0 aliphatic rings. The molecule has 1 radical (unpaired) electrons. The standard InChI is InChI=1S/C12H25O/c1-4-5-6-7-8-9-10-11-13-12(2)3/h11-12H,4-10H2,1-3H3. The second-order valence-corrected chi connectivity index (χ2v) is 3.91. The van der Waals surface area contributed by atoms with Crippen LogP contribution in [0.1, 0.15) is 65.7 Å². The Bertz CT molecular complexity index is 89.1. The van der Waals surface area contributed by atoms with E-state index in [1.165, 1.54) is 38.5 Å². The molecule has 0 unspecified atom stereocenters. The van der Waals surface area contributed by atoms with Crippen LogP contribution in [0, 0.1) is 6.61 Å². The molecule has 0 aliphatic carbocycles. The van der Waals surface area contributed by atoms with Crippen molar-refractivity contribution in [2.75, 3.05) is 0 Å². The van der Waals surface area contributed by atoms with E-state index in [1.54, 1.807) is 0 Å². The summed E-state index contributed by atoms with van der Waals surface area (Å²) in [6.07, 6.45) is 9.64. The molecule has 0 aliphatic heterocycles. The molecule has 0 aromatic rings. The average Bonchev–Trinajstić information content (AvgIpc) is 2.09. The molecule has 0 aromatic carbocycles. The van der Waals surface area contributed by atoms with Crippen molar-refractivity contribution in [1.82, 2.24) is 0 Å². The Hall–Kier alpha value is -0.0400. The van der Waals surface area contributed by atoms with E-state index in [2.05, 4.69) is 20.8 Å². The van der Waals surface area contributed by atoms with Gasteiger partial charge in [0.25, 0.3) is 0 Å². The maximum Gasteiger partial charge on any atom is 0.0840 e. The van der Waals surface area contributed by atoms with Gasteiger partial charge in [-0.25, -0.2) is 0 Å². The maximum atomic E-state index is 5.34. The van der Waals surface area contributed by atoms with Crippen molar-refractivity contribution >= 4 is 0 Å². The molecule has 0 saturated heterocycles. The van der Waals surface area contributed by atoms with Gasteiger partial charge in [0.15, 0.2) is 0 Å². The normalized spacial score (nSPS) is 11.1. The highest BCUT2D eigenvalue weighted by molar-refractivity contribution is 4.54. The molecular weight excluding hydrogens is 160 g/mol. The highest BCUT2D eigenvalue weighted by atomic mass is 16.5. The second-order valence-electron chi connectivity index (χ2n) is 3.91. The zero-order chi connectivity index (χ0) is 9.94. The molecule has 1 nitrogen and oxygen atoms in total. The van der Waals surface area contributed by atoms with Gasteiger partial charge in [0.2, 0.25) is 0 Å². The summed E-state index contributed by atoms with van der Waals surface area (Å²) in [5.41, 5.74) is 0. The van der Waals surface area contributed by atoms with Crippen LogP contribution in [0.3, 0.4) is 0 Å². The smallest absolute Gasteiger partial charge is 0.0840 e. The summed E-state index contributed by atoms with van der Waals surface area (Å²) >= 11 is 0. The van der Waals surface area contributed by atoms with E-state index in [9.17, 15) is 0 Å². The highest BCUT2D eigenvalue weighted by Gasteiger charge is 1.94. The fourth-order valence-electron chi connectivity index (χ4n) is 1.27. The van der Waals surface area contributed by atoms with Gasteiger partial charge in [-0.05, 0) is 20.3 Å². The largest absolute Gasteiger partial charge is 0.373 e. The summed E-state index contributed by atoms with van der Waals surface area (Å²) in [7, 11) is 0. The molecule has 79 valence electrons. The van der Waals surface area contributed by atoms with Gasteiger partial charge in [0, 0.05) is 0 Å². The van der Waals surface area contributed by atoms with Gasteiger partial charge in [-0.1, -0.05) is 45.4 Å². The van der Waals surface area contributed by atoms with E-state index in [-0.39, 0.29) is 0 Å². The first-order chi connectivity index (χ1) is 6.27. The van der Waals surface area contributed by atoms with E-state index < -0.39 is 0 Å². The Morgan fingerprint density at radius 2 is 1.62 bits per heavy atom. The number of rotatable bonds is 9. The van der Waals surface area contributed by atoms with Crippen LogP contribution in [0.25, 0.3) is 0 Å². The number of hydrogen-bond acceptors (Lipinski definition) is 1. The zero-order valence-electron chi connectivity index (χ0n) is 9.51. The lowest BCUT2D eigenvalue weighted by atomic mass is 10.1. The Morgan fingerprint density at radius 3 is 2.23 bits per heavy atom. The Labute approximate surface area is 83.9 Å². The second kappa shape index (κ2) is 10.0. The summed E-state index contributed by atoms with van der Waals surface area (Å²) in [5.74, 6) is 0. The number of hydrogen-bond donors (Lipinski definition) is 0. The summed E-state index contributed by atoms with van der Waals surface area (Å²) in [4.78, 5) is 0. The molecule has 0 bridgehead atoms. The minimum absolute atomic E-state index is 0.347. The third-order valence-electron chi connectivity index (χ3n) is 2.04. The van der Waals surface area contributed by atoms with Gasteiger partial charge in [-0.2, -0.15) is 0 Å². The molecule has 0 saturated carbocycles. The molecule has 0 N–H and O–H groups in total. The number of unbranched alkanes of at least 4 members (excludes halogenated alkanes) is 6.